The molecule has 5 nitrogen and oxygen atoms in total. The van der Waals surface area contributed by atoms with Crippen molar-refractivity contribution in [3.8, 4) is 34.3 Å². The Labute approximate surface area is 145 Å². The number of aryl methyl sites for hydroxylation is 1. The van der Waals surface area contributed by atoms with Crippen LogP contribution in [0.2, 0.25) is 0 Å². The molecule has 0 aliphatic rings. The third kappa shape index (κ3) is 3.28. The highest BCUT2D eigenvalue weighted by Gasteiger charge is 2.20. The summed E-state index contributed by atoms with van der Waals surface area (Å²) in [6, 6.07) is 9.25. The standard InChI is InChI=1S/C19H19FN2O3/c1-4-24-16-10-9-15(18(23)11(16)2)17-19(12(3)21-22-17)25-14-7-5-13(20)6-8-14/h5-10,23H,4H2,1-3H3,(H,21,22). The molecule has 1 aromatic heterocycles. The second kappa shape index (κ2) is 6.84. The first-order chi connectivity index (χ1) is 12.0. The lowest BCUT2D eigenvalue weighted by Gasteiger charge is -2.12. The molecule has 0 bridgehead atoms. The Morgan fingerprint density at radius 3 is 2.52 bits per heavy atom. The number of aromatic hydroxyl groups is 1. The highest BCUT2D eigenvalue weighted by atomic mass is 19.1. The largest absolute Gasteiger partial charge is 0.507 e. The molecule has 6 heteroatoms. The van der Waals surface area contributed by atoms with E-state index in [1.165, 1.54) is 24.3 Å². The van der Waals surface area contributed by atoms with Crippen LogP contribution in [0.3, 0.4) is 0 Å². The molecule has 2 aromatic carbocycles. The minimum Gasteiger partial charge on any atom is -0.507 e. The molecule has 0 saturated heterocycles. The van der Waals surface area contributed by atoms with Gasteiger partial charge in [0.05, 0.1) is 12.3 Å². The summed E-state index contributed by atoms with van der Waals surface area (Å²) in [5.74, 6) is 1.33. The van der Waals surface area contributed by atoms with Gasteiger partial charge in [0.25, 0.3) is 0 Å². The van der Waals surface area contributed by atoms with Gasteiger partial charge in [-0.15, -0.1) is 0 Å². The van der Waals surface area contributed by atoms with Crippen molar-refractivity contribution in [3.63, 3.8) is 0 Å². The normalized spacial score (nSPS) is 10.7. The van der Waals surface area contributed by atoms with Crippen LogP contribution in [-0.4, -0.2) is 21.9 Å². The molecule has 0 atom stereocenters. The SMILES string of the molecule is CCOc1ccc(-c2n[nH]c(C)c2Oc2ccc(F)cc2)c(O)c1C. The number of benzene rings is 2. The summed E-state index contributed by atoms with van der Waals surface area (Å²) in [6.07, 6.45) is 0. The van der Waals surface area contributed by atoms with Crippen molar-refractivity contribution in [2.45, 2.75) is 20.8 Å². The Bertz CT molecular complexity index is 888. The number of rotatable bonds is 5. The topological polar surface area (TPSA) is 67.4 Å². The molecule has 2 N–H and O–H groups in total. The number of aromatic amines is 1. The number of H-pyrrole nitrogens is 1. The van der Waals surface area contributed by atoms with Gasteiger partial charge in [-0.3, -0.25) is 5.10 Å². The average molecular weight is 342 g/mol. The number of phenols is 1. The van der Waals surface area contributed by atoms with Crippen LogP contribution in [0.1, 0.15) is 18.2 Å². The van der Waals surface area contributed by atoms with E-state index < -0.39 is 0 Å². The maximum atomic E-state index is 13.1. The molecule has 3 rings (SSSR count). The van der Waals surface area contributed by atoms with E-state index in [1.54, 1.807) is 19.1 Å². The molecule has 0 aliphatic heterocycles. The average Bonchev–Trinajstić information content (AvgIpc) is 2.95. The van der Waals surface area contributed by atoms with E-state index >= 15 is 0 Å². The van der Waals surface area contributed by atoms with Crippen molar-refractivity contribution in [2.24, 2.45) is 0 Å². The first-order valence-corrected chi connectivity index (χ1v) is 7.95. The van der Waals surface area contributed by atoms with E-state index in [2.05, 4.69) is 10.2 Å². The summed E-state index contributed by atoms with van der Waals surface area (Å²) in [4.78, 5) is 0. The van der Waals surface area contributed by atoms with Crippen LogP contribution in [0, 0.1) is 19.7 Å². The summed E-state index contributed by atoms with van der Waals surface area (Å²) < 4.78 is 24.4. The smallest absolute Gasteiger partial charge is 0.176 e. The molecule has 130 valence electrons. The van der Waals surface area contributed by atoms with Gasteiger partial charge in [-0.05, 0) is 57.2 Å². The van der Waals surface area contributed by atoms with Gasteiger partial charge < -0.3 is 14.6 Å². The second-order valence-electron chi connectivity index (χ2n) is 5.60. The number of hydrogen-bond acceptors (Lipinski definition) is 4. The Kier molecular flexibility index (Phi) is 4.61. The van der Waals surface area contributed by atoms with Crippen molar-refractivity contribution in [1.82, 2.24) is 10.2 Å². The summed E-state index contributed by atoms with van der Waals surface area (Å²) in [5, 5.41) is 17.7. The van der Waals surface area contributed by atoms with Crippen LogP contribution in [0.5, 0.6) is 23.0 Å². The van der Waals surface area contributed by atoms with Gasteiger partial charge in [-0.2, -0.15) is 5.10 Å². The second-order valence-corrected chi connectivity index (χ2v) is 5.60. The molecule has 25 heavy (non-hydrogen) atoms. The number of aromatic nitrogens is 2. The van der Waals surface area contributed by atoms with E-state index in [1.807, 2.05) is 13.8 Å². The van der Waals surface area contributed by atoms with Gasteiger partial charge in [-0.25, -0.2) is 4.39 Å². The maximum Gasteiger partial charge on any atom is 0.176 e. The Morgan fingerprint density at radius 2 is 1.84 bits per heavy atom. The van der Waals surface area contributed by atoms with Gasteiger partial charge in [0.2, 0.25) is 0 Å². The van der Waals surface area contributed by atoms with Crippen LogP contribution in [0.25, 0.3) is 11.3 Å². The monoisotopic (exact) mass is 342 g/mol. The molecule has 1 heterocycles. The predicted molar refractivity (Wildman–Crippen MR) is 92.8 cm³/mol. The van der Waals surface area contributed by atoms with Crippen LogP contribution in [-0.2, 0) is 0 Å². The van der Waals surface area contributed by atoms with Crippen LogP contribution >= 0.6 is 0 Å². The molecular weight excluding hydrogens is 323 g/mol. The Morgan fingerprint density at radius 1 is 1.12 bits per heavy atom. The molecule has 0 aliphatic carbocycles. The Hall–Kier alpha value is -3.02. The fourth-order valence-electron chi connectivity index (χ4n) is 2.53. The molecule has 0 amide bonds. The van der Waals surface area contributed by atoms with Crippen LogP contribution in [0.15, 0.2) is 36.4 Å². The fourth-order valence-corrected chi connectivity index (χ4v) is 2.53. The predicted octanol–water partition coefficient (Wildman–Crippen LogP) is 4.73. The zero-order valence-electron chi connectivity index (χ0n) is 14.3. The third-order valence-electron chi connectivity index (χ3n) is 3.86. The number of ether oxygens (including phenoxy) is 2. The van der Waals surface area contributed by atoms with Gasteiger partial charge in [0.15, 0.2) is 5.75 Å². The first kappa shape index (κ1) is 16.8. The molecular formula is C19H19FN2O3. The van der Waals surface area contributed by atoms with Crippen molar-refractivity contribution < 1.29 is 19.0 Å². The molecule has 0 saturated carbocycles. The molecule has 3 aromatic rings. The Balaban J connectivity index is 2.01. The zero-order chi connectivity index (χ0) is 18.0. The van der Waals surface area contributed by atoms with Crippen molar-refractivity contribution in [2.75, 3.05) is 6.61 Å². The van der Waals surface area contributed by atoms with Crippen LogP contribution < -0.4 is 9.47 Å². The van der Waals surface area contributed by atoms with E-state index in [9.17, 15) is 9.50 Å². The summed E-state index contributed by atoms with van der Waals surface area (Å²) in [6.45, 7) is 5.99. The quantitative estimate of drug-likeness (QED) is 0.703. The highest BCUT2D eigenvalue weighted by Crippen LogP contribution is 2.42. The van der Waals surface area contributed by atoms with E-state index in [-0.39, 0.29) is 11.6 Å². The minimum absolute atomic E-state index is 0.0846. The lowest BCUT2D eigenvalue weighted by Crippen LogP contribution is -1.95. The summed E-state index contributed by atoms with van der Waals surface area (Å²) >= 11 is 0. The van der Waals surface area contributed by atoms with Gasteiger partial charge >= 0.3 is 0 Å². The van der Waals surface area contributed by atoms with E-state index in [0.29, 0.717) is 46.4 Å². The minimum atomic E-state index is -0.337. The van der Waals surface area contributed by atoms with Gasteiger partial charge in [0.1, 0.15) is 28.8 Å². The van der Waals surface area contributed by atoms with E-state index in [0.717, 1.165) is 0 Å². The first-order valence-electron chi connectivity index (χ1n) is 7.95. The van der Waals surface area contributed by atoms with Crippen molar-refractivity contribution in [1.29, 1.82) is 0 Å². The molecule has 0 spiro atoms. The number of phenolic OH excluding ortho intramolecular Hbond substituents is 1. The zero-order valence-corrected chi connectivity index (χ0v) is 14.3. The van der Waals surface area contributed by atoms with E-state index in [4.69, 9.17) is 9.47 Å². The van der Waals surface area contributed by atoms with Gasteiger partial charge in [0, 0.05) is 11.1 Å². The molecule has 0 fully saturated rings. The number of hydrogen-bond donors (Lipinski definition) is 2. The number of nitrogens with one attached hydrogen (secondary N) is 1. The molecule has 0 unspecified atom stereocenters. The lowest BCUT2D eigenvalue weighted by molar-refractivity contribution is 0.335. The number of halogens is 1. The summed E-state index contributed by atoms with van der Waals surface area (Å²) in [5.41, 5.74) is 2.34. The fraction of sp³-hybridized carbons (Fsp3) is 0.211. The highest BCUT2D eigenvalue weighted by molar-refractivity contribution is 5.76. The number of nitrogens with zero attached hydrogens (tertiary/aromatic N) is 1. The van der Waals surface area contributed by atoms with Crippen molar-refractivity contribution in [3.05, 3.63) is 53.5 Å². The third-order valence-corrected chi connectivity index (χ3v) is 3.86. The van der Waals surface area contributed by atoms with Crippen molar-refractivity contribution >= 4 is 0 Å². The van der Waals surface area contributed by atoms with Gasteiger partial charge in [-0.1, -0.05) is 0 Å². The summed E-state index contributed by atoms with van der Waals surface area (Å²) in [7, 11) is 0. The lowest BCUT2D eigenvalue weighted by atomic mass is 10.0. The maximum absolute atomic E-state index is 13.1. The van der Waals surface area contributed by atoms with Crippen LogP contribution in [0.4, 0.5) is 4.39 Å². The molecule has 0 radical (unpaired) electrons.